The van der Waals surface area contributed by atoms with Crippen LogP contribution in [0.5, 0.6) is 0 Å². The fraction of sp³-hybridized carbons (Fsp3) is 0.312. The van der Waals surface area contributed by atoms with Gasteiger partial charge in [-0.25, -0.2) is 18.2 Å². The van der Waals surface area contributed by atoms with Crippen LogP contribution in [-0.2, 0) is 17.1 Å². The number of hydrogen-bond donors (Lipinski definition) is 3. The van der Waals surface area contributed by atoms with Crippen LogP contribution in [0.15, 0.2) is 35.4 Å². The summed E-state index contributed by atoms with van der Waals surface area (Å²) >= 11 is 5.68. The van der Waals surface area contributed by atoms with Crippen LogP contribution in [0.3, 0.4) is 0 Å². The molecule has 0 spiro atoms. The minimum Gasteiger partial charge on any atom is -0.345 e. The van der Waals surface area contributed by atoms with Gasteiger partial charge in [-0.3, -0.25) is 4.79 Å². The van der Waals surface area contributed by atoms with E-state index in [0.717, 1.165) is 6.07 Å². The molecule has 0 unspecified atom stereocenters. The van der Waals surface area contributed by atoms with Gasteiger partial charge in [-0.15, -0.1) is 4.83 Å². The molecule has 1 aromatic heterocycles. The largest absolute Gasteiger partial charge is 0.345 e. The summed E-state index contributed by atoms with van der Waals surface area (Å²) in [6, 6.07) is 4.99. The van der Waals surface area contributed by atoms with Crippen molar-refractivity contribution in [2.75, 3.05) is 5.32 Å². The molecule has 3 N–H and O–H groups in total. The number of sulfonamides is 1. The van der Waals surface area contributed by atoms with Crippen LogP contribution < -0.4 is 15.6 Å². The van der Waals surface area contributed by atoms with Gasteiger partial charge >= 0.3 is 0 Å². The molecule has 7 nitrogen and oxygen atoms in total. The molecule has 0 aliphatic rings. The average Bonchev–Trinajstić information content (AvgIpc) is 2.91. The monoisotopic (exact) mass is 402 g/mol. The number of halogens is 2. The molecule has 26 heavy (non-hydrogen) atoms. The number of carbonyl (C=O) groups is 1. The molecule has 1 heterocycles. The van der Waals surface area contributed by atoms with E-state index in [0.29, 0.717) is 5.69 Å². The predicted octanol–water partition coefficient (Wildman–Crippen LogP) is 2.65. The summed E-state index contributed by atoms with van der Waals surface area (Å²) in [5.41, 5.74) is 2.61. The number of carbonyl (C=O) groups excluding carboxylic acids is 1. The van der Waals surface area contributed by atoms with Gasteiger partial charge in [0.2, 0.25) is 0 Å². The van der Waals surface area contributed by atoms with Crippen molar-refractivity contribution in [2.24, 2.45) is 7.05 Å². The normalized spacial score (nSPS) is 12.2. The van der Waals surface area contributed by atoms with Gasteiger partial charge in [0.15, 0.2) is 0 Å². The van der Waals surface area contributed by atoms with Crippen LogP contribution in [0.4, 0.5) is 10.1 Å². The lowest BCUT2D eigenvalue weighted by Gasteiger charge is -2.20. The highest BCUT2D eigenvalue weighted by Gasteiger charge is 2.22. The number of amides is 1. The zero-order valence-corrected chi connectivity index (χ0v) is 16.3. The van der Waals surface area contributed by atoms with E-state index in [1.54, 1.807) is 27.8 Å². The zero-order valence-electron chi connectivity index (χ0n) is 14.7. The number of hydrazine groups is 1. The highest BCUT2D eigenvalue weighted by atomic mass is 35.5. The second-order valence-corrected chi connectivity index (χ2v) is 8.83. The maximum Gasteiger partial charge on any atom is 0.272 e. The third-order valence-corrected chi connectivity index (χ3v) is 4.76. The third kappa shape index (κ3) is 5.04. The molecular weight excluding hydrogens is 383 g/mol. The van der Waals surface area contributed by atoms with Gasteiger partial charge in [0.05, 0.1) is 5.02 Å². The van der Waals surface area contributed by atoms with E-state index in [2.05, 4.69) is 15.6 Å². The number of aryl methyl sites for hydroxylation is 1. The Labute approximate surface area is 156 Å². The van der Waals surface area contributed by atoms with Crippen LogP contribution in [0.2, 0.25) is 5.02 Å². The summed E-state index contributed by atoms with van der Waals surface area (Å²) in [7, 11) is -2.30. The van der Waals surface area contributed by atoms with Gasteiger partial charge in [0, 0.05) is 24.5 Å². The molecule has 0 bridgehead atoms. The van der Waals surface area contributed by atoms with E-state index in [4.69, 9.17) is 11.6 Å². The first-order chi connectivity index (χ1) is 11.9. The van der Waals surface area contributed by atoms with Gasteiger partial charge in [-0.05, 0) is 45.0 Å². The van der Waals surface area contributed by atoms with Gasteiger partial charge in [-0.2, -0.15) is 0 Å². The van der Waals surface area contributed by atoms with E-state index in [1.807, 2.05) is 0 Å². The van der Waals surface area contributed by atoms with Crippen LogP contribution in [0.25, 0.3) is 0 Å². The van der Waals surface area contributed by atoms with E-state index in [1.165, 1.54) is 29.0 Å². The van der Waals surface area contributed by atoms with Crippen molar-refractivity contribution in [3.8, 4) is 0 Å². The molecule has 0 saturated heterocycles. The van der Waals surface area contributed by atoms with Crippen LogP contribution in [-0.4, -0.2) is 24.4 Å². The first-order valence-corrected chi connectivity index (χ1v) is 9.47. The summed E-state index contributed by atoms with van der Waals surface area (Å²) in [4.78, 5) is 14.6. The average molecular weight is 403 g/mol. The predicted molar refractivity (Wildman–Crippen MR) is 98.0 cm³/mol. The molecule has 1 aromatic carbocycles. The summed E-state index contributed by atoms with van der Waals surface area (Å²) in [6.45, 7) is 5.40. The van der Waals surface area contributed by atoms with Crippen molar-refractivity contribution >= 4 is 33.2 Å². The Morgan fingerprint density at radius 3 is 2.46 bits per heavy atom. The number of anilines is 1. The maximum absolute atomic E-state index is 13.2. The number of nitrogens with one attached hydrogen (secondary N) is 3. The summed E-state index contributed by atoms with van der Waals surface area (Å²) in [6.07, 6.45) is 1.32. The molecule has 0 aliphatic carbocycles. The number of nitrogens with zero attached hydrogens (tertiary/aromatic N) is 1. The molecule has 0 atom stereocenters. The Bertz CT molecular complexity index is 935. The Morgan fingerprint density at radius 2 is 1.88 bits per heavy atom. The Kier molecular flexibility index (Phi) is 5.76. The first kappa shape index (κ1) is 20.4. The number of hydrogen-bond acceptors (Lipinski definition) is 4. The Hall–Kier alpha value is -1.94. The first-order valence-electron chi connectivity index (χ1n) is 7.61. The quantitative estimate of drug-likeness (QED) is 0.670. The fourth-order valence-electron chi connectivity index (χ4n) is 1.96. The number of rotatable bonds is 5. The molecule has 1 amide bonds. The number of aromatic nitrogens is 1. The second-order valence-electron chi connectivity index (χ2n) is 6.74. The molecule has 10 heteroatoms. The standard InChI is InChI=1S/C16H20ClFN4O3S/c1-16(2,3)20-21-26(24,25)11-8-14(22(4)9-11)15(23)19-10-5-6-13(18)12(17)7-10/h5-9,20-21H,1-4H3,(H,19,23). The molecule has 2 rings (SSSR count). The highest BCUT2D eigenvalue weighted by molar-refractivity contribution is 7.89. The topological polar surface area (TPSA) is 92.2 Å². The Balaban J connectivity index is 2.21. The Morgan fingerprint density at radius 1 is 1.23 bits per heavy atom. The summed E-state index contributed by atoms with van der Waals surface area (Å²) in [5, 5.41) is 2.42. The molecular formula is C16H20ClFN4O3S. The van der Waals surface area contributed by atoms with Crippen molar-refractivity contribution < 1.29 is 17.6 Å². The van der Waals surface area contributed by atoms with Gasteiger partial charge in [-0.1, -0.05) is 11.6 Å². The molecule has 2 aromatic rings. The van der Waals surface area contributed by atoms with E-state index in [9.17, 15) is 17.6 Å². The van der Waals surface area contributed by atoms with Gasteiger partial charge in [0.1, 0.15) is 16.4 Å². The smallest absolute Gasteiger partial charge is 0.272 e. The summed E-state index contributed by atoms with van der Waals surface area (Å²) in [5.74, 6) is -1.16. The van der Waals surface area contributed by atoms with Crippen molar-refractivity contribution in [1.29, 1.82) is 0 Å². The van der Waals surface area contributed by atoms with E-state index >= 15 is 0 Å². The third-order valence-electron chi connectivity index (χ3n) is 3.26. The van der Waals surface area contributed by atoms with Gasteiger partial charge in [0.25, 0.3) is 15.9 Å². The van der Waals surface area contributed by atoms with Crippen molar-refractivity contribution in [3.05, 3.63) is 47.0 Å². The molecule has 0 aliphatic heterocycles. The van der Waals surface area contributed by atoms with Crippen molar-refractivity contribution in [2.45, 2.75) is 31.2 Å². The van der Waals surface area contributed by atoms with Crippen molar-refractivity contribution in [1.82, 2.24) is 14.8 Å². The number of benzene rings is 1. The lowest BCUT2D eigenvalue weighted by molar-refractivity contribution is 0.101. The molecule has 142 valence electrons. The molecule has 0 saturated carbocycles. The van der Waals surface area contributed by atoms with Crippen LogP contribution in [0.1, 0.15) is 31.3 Å². The SMILES string of the molecule is Cn1cc(S(=O)(=O)NNC(C)(C)C)cc1C(=O)Nc1ccc(F)c(Cl)c1. The maximum atomic E-state index is 13.2. The fourth-order valence-corrected chi connectivity index (χ4v) is 3.26. The molecule has 0 radical (unpaired) electrons. The van der Waals surface area contributed by atoms with Gasteiger partial charge < -0.3 is 9.88 Å². The van der Waals surface area contributed by atoms with E-state index < -0.39 is 27.3 Å². The highest BCUT2D eigenvalue weighted by Crippen LogP contribution is 2.21. The van der Waals surface area contributed by atoms with Crippen LogP contribution >= 0.6 is 11.6 Å². The lowest BCUT2D eigenvalue weighted by atomic mass is 10.1. The zero-order chi connectivity index (χ0) is 19.7. The van der Waals surface area contributed by atoms with Crippen molar-refractivity contribution in [3.63, 3.8) is 0 Å². The summed E-state index contributed by atoms with van der Waals surface area (Å²) < 4.78 is 39.2. The minimum absolute atomic E-state index is 0.0703. The minimum atomic E-state index is -3.85. The lowest BCUT2D eigenvalue weighted by Crippen LogP contribution is -2.48. The second kappa shape index (κ2) is 7.36. The van der Waals surface area contributed by atoms with E-state index in [-0.39, 0.29) is 15.6 Å². The van der Waals surface area contributed by atoms with Crippen LogP contribution in [0, 0.1) is 5.82 Å². The molecule has 0 fully saturated rings.